The molecule has 1 aliphatic carbocycles. The predicted molar refractivity (Wildman–Crippen MR) is 98.0 cm³/mol. The Hall–Kier alpha value is -2.33. The lowest BCUT2D eigenvalue weighted by molar-refractivity contribution is -0.137. The summed E-state index contributed by atoms with van der Waals surface area (Å²) in [7, 11) is 0. The topological polar surface area (TPSA) is 58.2 Å². The smallest absolute Gasteiger partial charge is 0.235 e. The molecule has 0 aliphatic heterocycles. The van der Waals surface area contributed by atoms with Crippen molar-refractivity contribution in [2.75, 3.05) is 0 Å². The highest BCUT2D eigenvalue weighted by atomic mass is 35.5. The molecule has 5 heteroatoms. The molecule has 3 rings (SSSR count). The van der Waals surface area contributed by atoms with Crippen LogP contribution in [0.2, 0.25) is 5.02 Å². The van der Waals surface area contributed by atoms with Crippen molar-refractivity contribution in [3.05, 3.63) is 70.2 Å². The van der Waals surface area contributed by atoms with Gasteiger partial charge in [0, 0.05) is 18.1 Å². The lowest BCUT2D eigenvalue weighted by atomic mass is 10.0. The first-order valence-corrected chi connectivity index (χ1v) is 8.75. The molecule has 2 aromatic rings. The first kappa shape index (κ1) is 17.5. The van der Waals surface area contributed by atoms with Crippen molar-refractivity contribution < 1.29 is 9.59 Å². The van der Waals surface area contributed by atoms with E-state index in [1.165, 1.54) is 5.56 Å². The number of aryl methyl sites for hydroxylation is 1. The third-order valence-corrected chi connectivity index (χ3v) is 4.96. The van der Waals surface area contributed by atoms with Crippen LogP contribution >= 0.6 is 11.6 Å². The van der Waals surface area contributed by atoms with E-state index < -0.39 is 5.41 Å². The van der Waals surface area contributed by atoms with Gasteiger partial charge in [0.25, 0.3) is 0 Å². The highest BCUT2D eigenvalue weighted by Crippen LogP contribution is 2.46. The minimum Gasteiger partial charge on any atom is -0.351 e. The summed E-state index contributed by atoms with van der Waals surface area (Å²) in [5.41, 5.74) is 2.11. The molecule has 0 atom stereocenters. The van der Waals surface area contributed by atoms with Gasteiger partial charge in [-0.3, -0.25) is 9.59 Å². The summed E-state index contributed by atoms with van der Waals surface area (Å²) in [5.74, 6) is -0.432. The first-order chi connectivity index (χ1) is 12.0. The zero-order chi connectivity index (χ0) is 17.9. The monoisotopic (exact) mass is 356 g/mol. The number of rotatable bonds is 6. The Labute approximate surface area is 152 Å². The Balaban J connectivity index is 1.55. The fourth-order valence-corrected chi connectivity index (χ4v) is 2.93. The van der Waals surface area contributed by atoms with Crippen LogP contribution in [-0.4, -0.2) is 11.8 Å². The molecule has 0 bridgehead atoms. The third-order valence-electron chi connectivity index (χ3n) is 4.59. The number of halogens is 1. The van der Waals surface area contributed by atoms with E-state index in [0.717, 1.165) is 11.1 Å². The molecule has 4 nitrogen and oxygen atoms in total. The highest BCUT2D eigenvalue weighted by molar-refractivity contribution is 6.31. The van der Waals surface area contributed by atoms with Crippen molar-refractivity contribution in [1.82, 2.24) is 10.6 Å². The van der Waals surface area contributed by atoms with Gasteiger partial charge < -0.3 is 10.6 Å². The average Bonchev–Trinajstić information content (AvgIpc) is 3.42. The lowest BCUT2D eigenvalue weighted by Crippen LogP contribution is -2.42. The van der Waals surface area contributed by atoms with E-state index in [1.54, 1.807) is 6.07 Å². The molecular formula is C20H21ClN2O2. The van der Waals surface area contributed by atoms with Gasteiger partial charge in [0.05, 0.1) is 0 Å². The van der Waals surface area contributed by atoms with Crippen molar-refractivity contribution in [3.8, 4) is 0 Å². The minimum absolute atomic E-state index is 0.204. The van der Waals surface area contributed by atoms with Gasteiger partial charge in [-0.25, -0.2) is 0 Å². The molecule has 0 spiro atoms. The van der Waals surface area contributed by atoms with E-state index in [4.69, 9.17) is 11.6 Å². The zero-order valence-corrected chi connectivity index (χ0v) is 14.9. The molecule has 25 heavy (non-hydrogen) atoms. The molecular weight excluding hydrogens is 336 g/mol. The molecule has 0 saturated heterocycles. The van der Waals surface area contributed by atoms with Crippen molar-refractivity contribution in [2.45, 2.75) is 32.9 Å². The maximum atomic E-state index is 12.5. The lowest BCUT2D eigenvalue weighted by Gasteiger charge is -2.16. The van der Waals surface area contributed by atoms with E-state index >= 15 is 0 Å². The van der Waals surface area contributed by atoms with E-state index in [2.05, 4.69) is 10.6 Å². The van der Waals surface area contributed by atoms with Gasteiger partial charge >= 0.3 is 0 Å². The van der Waals surface area contributed by atoms with Gasteiger partial charge in [0.1, 0.15) is 5.41 Å². The molecule has 1 saturated carbocycles. The van der Waals surface area contributed by atoms with Crippen LogP contribution in [0.4, 0.5) is 0 Å². The Morgan fingerprint density at radius 2 is 1.56 bits per heavy atom. The third kappa shape index (κ3) is 4.02. The molecule has 130 valence electrons. The van der Waals surface area contributed by atoms with Crippen LogP contribution in [0.5, 0.6) is 0 Å². The molecule has 0 heterocycles. The number of nitrogens with one attached hydrogen (secondary N) is 2. The summed E-state index contributed by atoms with van der Waals surface area (Å²) in [6, 6.07) is 15.3. The van der Waals surface area contributed by atoms with Crippen LogP contribution in [0.3, 0.4) is 0 Å². The fraction of sp³-hybridized carbons (Fsp3) is 0.300. The van der Waals surface area contributed by atoms with E-state index in [9.17, 15) is 9.59 Å². The van der Waals surface area contributed by atoms with Crippen LogP contribution in [0.15, 0.2) is 48.5 Å². The predicted octanol–water partition coefficient (Wildman–Crippen LogP) is 3.36. The van der Waals surface area contributed by atoms with Gasteiger partial charge in [-0.1, -0.05) is 59.6 Å². The number of hydrogen-bond acceptors (Lipinski definition) is 2. The van der Waals surface area contributed by atoms with E-state index in [0.29, 0.717) is 31.0 Å². The van der Waals surface area contributed by atoms with E-state index in [1.807, 2.05) is 49.4 Å². The Morgan fingerprint density at radius 3 is 2.16 bits per heavy atom. The second kappa shape index (κ2) is 7.28. The summed E-state index contributed by atoms with van der Waals surface area (Å²) in [6.45, 7) is 2.77. The zero-order valence-electron chi connectivity index (χ0n) is 14.1. The molecule has 2 N–H and O–H groups in total. The average molecular weight is 357 g/mol. The van der Waals surface area contributed by atoms with Gasteiger partial charge in [-0.05, 0) is 37.0 Å². The summed E-state index contributed by atoms with van der Waals surface area (Å²) in [5, 5.41) is 6.34. The number of amides is 2. The summed E-state index contributed by atoms with van der Waals surface area (Å²) in [6.07, 6.45) is 1.17. The number of carbonyl (C=O) groups is 2. The van der Waals surface area contributed by atoms with Crippen LogP contribution in [0.1, 0.15) is 29.5 Å². The van der Waals surface area contributed by atoms with Crippen molar-refractivity contribution in [1.29, 1.82) is 0 Å². The molecule has 1 fully saturated rings. The maximum absolute atomic E-state index is 12.5. The van der Waals surface area contributed by atoms with Gasteiger partial charge in [0.2, 0.25) is 11.8 Å². The van der Waals surface area contributed by atoms with Gasteiger partial charge in [-0.2, -0.15) is 0 Å². The van der Waals surface area contributed by atoms with Crippen LogP contribution < -0.4 is 10.6 Å². The summed E-state index contributed by atoms with van der Waals surface area (Å²) < 4.78 is 0. The molecule has 0 aromatic heterocycles. The second-order valence-corrected chi connectivity index (χ2v) is 6.93. The van der Waals surface area contributed by atoms with Crippen molar-refractivity contribution in [3.63, 3.8) is 0 Å². The van der Waals surface area contributed by atoms with Gasteiger partial charge in [-0.15, -0.1) is 0 Å². The van der Waals surface area contributed by atoms with Crippen LogP contribution in [0.25, 0.3) is 0 Å². The van der Waals surface area contributed by atoms with Crippen LogP contribution in [0, 0.1) is 12.3 Å². The van der Waals surface area contributed by atoms with E-state index in [-0.39, 0.29) is 11.8 Å². The summed E-state index contributed by atoms with van der Waals surface area (Å²) >= 11 is 6.10. The molecule has 0 radical (unpaired) electrons. The molecule has 2 amide bonds. The SMILES string of the molecule is Cc1ccc(CNC(=O)C2(C(=O)NCc3ccccc3Cl)CC2)cc1. The first-order valence-electron chi connectivity index (χ1n) is 8.37. The molecule has 2 aromatic carbocycles. The van der Waals surface area contributed by atoms with Crippen molar-refractivity contribution >= 4 is 23.4 Å². The maximum Gasteiger partial charge on any atom is 0.235 e. The second-order valence-electron chi connectivity index (χ2n) is 6.52. The Bertz CT molecular complexity index is 783. The largest absolute Gasteiger partial charge is 0.351 e. The normalized spacial score (nSPS) is 14.6. The highest BCUT2D eigenvalue weighted by Gasteiger charge is 2.56. The Kier molecular flexibility index (Phi) is 5.09. The minimum atomic E-state index is -0.925. The number of carbonyl (C=O) groups excluding carboxylic acids is 2. The van der Waals surface area contributed by atoms with Crippen LogP contribution in [-0.2, 0) is 22.7 Å². The van der Waals surface area contributed by atoms with Gasteiger partial charge in [0.15, 0.2) is 0 Å². The fourth-order valence-electron chi connectivity index (χ4n) is 2.73. The summed E-state index contributed by atoms with van der Waals surface area (Å²) in [4.78, 5) is 25.0. The quantitative estimate of drug-likeness (QED) is 0.780. The molecule has 0 unspecified atom stereocenters. The van der Waals surface area contributed by atoms with Crippen molar-refractivity contribution in [2.24, 2.45) is 5.41 Å². The Morgan fingerprint density at radius 1 is 0.960 bits per heavy atom. The number of hydrogen-bond donors (Lipinski definition) is 2. The number of benzene rings is 2. The standard InChI is InChI=1S/C20H21ClN2O2/c1-14-6-8-15(9-7-14)12-22-18(24)20(10-11-20)19(25)23-13-16-4-2-3-5-17(16)21/h2-9H,10-13H2,1H3,(H,22,24)(H,23,25). The molecule has 1 aliphatic rings.